The lowest BCUT2D eigenvalue weighted by Crippen LogP contribution is -2.17. The van der Waals surface area contributed by atoms with Crippen LogP contribution in [0, 0.1) is 0 Å². The summed E-state index contributed by atoms with van der Waals surface area (Å²) in [5.74, 6) is 0.284. The Bertz CT molecular complexity index is 232. The molecule has 0 aromatic carbocycles. The van der Waals surface area contributed by atoms with Crippen LogP contribution in [-0.2, 0) is 4.79 Å². The number of rotatable bonds is 1. The first kappa shape index (κ1) is 6.65. The van der Waals surface area contributed by atoms with Crippen molar-refractivity contribution in [3.8, 4) is 0 Å². The summed E-state index contributed by atoms with van der Waals surface area (Å²) in [4.78, 5) is 13.1. The molecule has 0 fully saturated rings. The fourth-order valence-electron chi connectivity index (χ4n) is 1.54. The Kier molecular flexibility index (Phi) is 1.53. The molecule has 2 rings (SSSR count). The summed E-state index contributed by atoms with van der Waals surface area (Å²) in [6.45, 7) is 1.97. The van der Waals surface area contributed by atoms with Crippen molar-refractivity contribution in [3.05, 3.63) is 23.9 Å². The summed E-state index contributed by atoms with van der Waals surface area (Å²) < 4.78 is 0. The van der Waals surface area contributed by atoms with Crippen LogP contribution in [0.1, 0.15) is 12.8 Å². The molecule has 0 radical (unpaired) electrons. The van der Waals surface area contributed by atoms with Gasteiger partial charge in [0.1, 0.15) is 0 Å². The van der Waals surface area contributed by atoms with Crippen LogP contribution in [0.5, 0.6) is 0 Å². The molecule has 0 aromatic rings. The van der Waals surface area contributed by atoms with Crippen molar-refractivity contribution >= 4 is 5.78 Å². The van der Waals surface area contributed by atoms with Crippen LogP contribution in [0.4, 0.5) is 0 Å². The lowest BCUT2D eigenvalue weighted by molar-refractivity contribution is -0.114. The van der Waals surface area contributed by atoms with Gasteiger partial charge in [0.2, 0.25) is 0 Å². The average molecular weight is 149 g/mol. The first-order valence-corrected chi connectivity index (χ1v) is 3.99. The van der Waals surface area contributed by atoms with Crippen LogP contribution >= 0.6 is 0 Å². The van der Waals surface area contributed by atoms with Crippen molar-refractivity contribution in [2.45, 2.75) is 12.8 Å². The second-order valence-electron chi connectivity index (χ2n) is 2.98. The van der Waals surface area contributed by atoms with Crippen molar-refractivity contribution < 1.29 is 4.79 Å². The number of nitrogens with zero attached hydrogens (tertiary/aromatic N) is 1. The van der Waals surface area contributed by atoms with Crippen molar-refractivity contribution in [3.63, 3.8) is 0 Å². The fraction of sp³-hybridized carbons (Fsp3) is 0.444. The quantitative estimate of drug-likeness (QED) is 0.520. The van der Waals surface area contributed by atoms with E-state index in [4.69, 9.17) is 0 Å². The zero-order valence-electron chi connectivity index (χ0n) is 6.42. The Morgan fingerprint density at radius 3 is 2.45 bits per heavy atom. The minimum absolute atomic E-state index is 0.284. The van der Waals surface area contributed by atoms with Gasteiger partial charge in [-0.25, -0.2) is 0 Å². The second kappa shape index (κ2) is 2.53. The van der Waals surface area contributed by atoms with Crippen molar-refractivity contribution in [1.29, 1.82) is 0 Å². The smallest absolute Gasteiger partial charge is 0.157 e. The molecule has 11 heavy (non-hydrogen) atoms. The van der Waals surface area contributed by atoms with E-state index in [1.54, 1.807) is 6.08 Å². The van der Waals surface area contributed by atoms with Gasteiger partial charge in [0, 0.05) is 31.3 Å². The zero-order valence-corrected chi connectivity index (χ0v) is 6.42. The Morgan fingerprint density at radius 1 is 1.18 bits per heavy atom. The minimum Gasteiger partial charge on any atom is -0.367 e. The molecule has 58 valence electrons. The van der Waals surface area contributed by atoms with E-state index in [0.717, 1.165) is 19.5 Å². The van der Waals surface area contributed by atoms with Gasteiger partial charge in [-0.05, 0) is 6.42 Å². The van der Waals surface area contributed by atoms with Gasteiger partial charge in [-0.2, -0.15) is 0 Å². The molecule has 0 amide bonds. The zero-order chi connectivity index (χ0) is 7.68. The molecule has 0 bridgehead atoms. The predicted molar refractivity (Wildman–Crippen MR) is 43.0 cm³/mol. The molecule has 2 nitrogen and oxygen atoms in total. The number of ketones is 1. The molecule has 2 aliphatic rings. The van der Waals surface area contributed by atoms with E-state index >= 15 is 0 Å². The van der Waals surface area contributed by atoms with Crippen LogP contribution in [0.25, 0.3) is 0 Å². The highest BCUT2D eigenvalue weighted by molar-refractivity contribution is 5.92. The van der Waals surface area contributed by atoms with Crippen LogP contribution in [0.15, 0.2) is 23.9 Å². The third-order valence-electron chi connectivity index (χ3n) is 2.18. The minimum atomic E-state index is 0.284. The third kappa shape index (κ3) is 1.20. The molecular formula is C9H11NO. The van der Waals surface area contributed by atoms with Gasteiger partial charge in [0.25, 0.3) is 0 Å². The van der Waals surface area contributed by atoms with Gasteiger partial charge >= 0.3 is 0 Å². The van der Waals surface area contributed by atoms with Crippen molar-refractivity contribution in [1.82, 2.24) is 4.90 Å². The molecular weight excluding hydrogens is 138 g/mol. The van der Waals surface area contributed by atoms with Gasteiger partial charge in [-0.15, -0.1) is 0 Å². The number of hydrogen-bond donors (Lipinski definition) is 0. The number of hydrogen-bond acceptors (Lipinski definition) is 2. The van der Waals surface area contributed by atoms with E-state index in [-0.39, 0.29) is 5.78 Å². The molecule has 0 unspecified atom stereocenters. The molecule has 1 aliphatic heterocycles. The summed E-state index contributed by atoms with van der Waals surface area (Å²) in [7, 11) is 0. The summed E-state index contributed by atoms with van der Waals surface area (Å²) in [6, 6.07) is 0. The first-order chi connectivity index (χ1) is 5.36. The van der Waals surface area contributed by atoms with Gasteiger partial charge in [-0.3, -0.25) is 4.79 Å². The van der Waals surface area contributed by atoms with Crippen LogP contribution in [0.3, 0.4) is 0 Å². The van der Waals surface area contributed by atoms with Crippen LogP contribution in [0.2, 0.25) is 0 Å². The van der Waals surface area contributed by atoms with Crippen LogP contribution in [-0.4, -0.2) is 23.8 Å². The third-order valence-corrected chi connectivity index (χ3v) is 2.18. The van der Waals surface area contributed by atoms with Crippen LogP contribution < -0.4 is 0 Å². The highest BCUT2D eigenvalue weighted by Gasteiger charge is 2.17. The topological polar surface area (TPSA) is 20.3 Å². The summed E-state index contributed by atoms with van der Waals surface area (Å²) in [5, 5.41) is 0. The highest BCUT2D eigenvalue weighted by Crippen LogP contribution is 2.20. The highest BCUT2D eigenvalue weighted by atomic mass is 16.1. The van der Waals surface area contributed by atoms with Gasteiger partial charge in [0.05, 0.1) is 0 Å². The Hall–Kier alpha value is -1.05. The molecule has 1 aliphatic carbocycles. The molecule has 0 aromatic heterocycles. The van der Waals surface area contributed by atoms with Gasteiger partial charge in [0.15, 0.2) is 5.78 Å². The van der Waals surface area contributed by atoms with Crippen molar-refractivity contribution in [2.24, 2.45) is 0 Å². The maximum absolute atomic E-state index is 10.9. The molecule has 0 saturated carbocycles. The van der Waals surface area contributed by atoms with E-state index < -0.39 is 0 Å². The normalized spacial score (nSPS) is 23.1. The van der Waals surface area contributed by atoms with Gasteiger partial charge < -0.3 is 4.90 Å². The average Bonchev–Trinajstić information content (AvgIpc) is 2.55. The van der Waals surface area contributed by atoms with E-state index in [0.29, 0.717) is 6.42 Å². The SMILES string of the molecule is O=C1C=C(N2CC=CC2)CC1. The molecule has 0 atom stereocenters. The standard InChI is InChI=1S/C9H11NO/c11-9-4-3-8(7-9)10-5-1-2-6-10/h1-2,7H,3-6H2. The monoisotopic (exact) mass is 149 g/mol. The summed E-state index contributed by atoms with van der Waals surface area (Å²) in [5.41, 5.74) is 1.22. The number of carbonyl (C=O) groups is 1. The number of carbonyl (C=O) groups excluding carboxylic acids is 1. The molecule has 0 saturated heterocycles. The largest absolute Gasteiger partial charge is 0.367 e. The Labute approximate surface area is 66.2 Å². The lowest BCUT2D eigenvalue weighted by atomic mass is 10.3. The molecule has 0 N–H and O–H groups in total. The Balaban J connectivity index is 2.05. The predicted octanol–water partition coefficient (Wildman–Crippen LogP) is 1.10. The molecule has 2 heteroatoms. The summed E-state index contributed by atoms with van der Waals surface area (Å²) >= 11 is 0. The summed E-state index contributed by atoms with van der Waals surface area (Å²) in [6.07, 6.45) is 7.73. The van der Waals surface area contributed by atoms with Crippen molar-refractivity contribution in [2.75, 3.05) is 13.1 Å². The van der Waals surface area contributed by atoms with Gasteiger partial charge in [-0.1, -0.05) is 12.2 Å². The second-order valence-corrected chi connectivity index (χ2v) is 2.98. The van der Waals surface area contributed by atoms with E-state index in [1.807, 2.05) is 0 Å². The maximum Gasteiger partial charge on any atom is 0.157 e. The fourth-order valence-corrected chi connectivity index (χ4v) is 1.54. The van der Waals surface area contributed by atoms with E-state index in [9.17, 15) is 4.79 Å². The van der Waals surface area contributed by atoms with E-state index in [2.05, 4.69) is 17.1 Å². The molecule has 1 heterocycles. The lowest BCUT2D eigenvalue weighted by Gasteiger charge is -2.17. The maximum atomic E-state index is 10.9. The van der Waals surface area contributed by atoms with E-state index in [1.165, 1.54) is 5.70 Å². The first-order valence-electron chi connectivity index (χ1n) is 3.99. The molecule has 0 spiro atoms. The Morgan fingerprint density at radius 2 is 1.91 bits per heavy atom. The number of allylic oxidation sites excluding steroid dienone is 2.